The van der Waals surface area contributed by atoms with Gasteiger partial charge in [0.1, 0.15) is 11.4 Å². The Morgan fingerprint density at radius 3 is 2.59 bits per heavy atom. The van der Waals surface area contributed by atoms with Crippen molar-refractivity contribution < 1.29 is 13.9 Å². The third-order valence-electron chi connectivity index (χ3n) is 4.87. The van der Waals surface area contributed by atoms with E-state index in [9.17, 15) is 4.79 Å². The van der Waals surface area contributed by atoms with Crippen LogP contribution in [0.15, 0.2) is 82.3 Å². The first-order valence-corrected chi connectivity index (χ1v) is 9.85. The number of carbonyl (C=O) groups excluding carboxylic acids is 1. The molecule has 9 heteroatoms. The lowest BCUT2D eigenvalue weighted by Gasteiger charge is -2.11. The number of methoxy groups -OCH3 is 1. The van der Waals surface area contributed by atoms with Gasteiger partial charge in [0.15, 0.2) is 0 Å². The number of para-hydroxylation sites is 1. The average molecular weight is 426 g/mol. The topological polar surface area (TPSA) is 115 Å². The number of amides is 1. The van der Waals surface area contributed by atoms with Gasteiger partial charge in [-0.05, 0) is 18.2 Å². The van der Waals surface area contributed by atoms with Gasteiger partial charge in [-0.1, -0.05) is 53.6 Å². The van der Waals surface area contributed by atoms with Gasteiger partial charge in [0.2, 0.25) is 6.17 Å². The number of hydrogen-bond donors (Lipinski definition) is 2. The molecule has 3 heterocycles. The number of aromatic nitrogens is 3. The van der Waals surface area contributed by atoms with Crippen molar-refractivity contribution in [1.29, 1.82) is 0 Å². The van der Waals surface area contributed by atoms with Crippen molar-refractivity contribution in [3.63, 3.8) is 0 Å². The lowest BCUT2D eigenvalue weighted by atomic mass is 10.0. The summed E-state index contributed by atoms with van der Waals surface area (Å²) < 4.78 is 10.8. The van der Waals surface area contributed by atoms with Gasteiger partial charge in [-0.15, -0.1) is 5.10 Å². The Kier molecular flexibility index (Phi) is 5.04. The van der Waals surface area contributed by atoms with Crippen LogP contribution in [0.5, 0.6) is 5.75 Å². The zero-order valence-electron chi connectivity index (χ0n) is 17.0. The van der Waals surface area contributed by atoms with Crippen molar-refractivity contribution >= 4 is 23.3 Å². The van der Waals surface area contributed by atoms with Crippen LogP contribution in [0.4, 0.5) is 11.7 Å². The summed E-state index contributed by atoms with van der Waals surface area (Å²) in [5.41, 5.74) is 3.55. The quantitative estimate of drug-likeness (QED) is 0.503. The van der Waals surface area contributed by atoms with Crippen molar-refractivity contribution in [3.05, 3.63) is 84.1 Å². The second-order valence-corrected chi connectivity index (χ2v) is 6.92. The van der Waals surface area contributed by atoms with Gasteiger partial charge in [0.05, 0.1) is 24.7 Å². The number of nitrogens with zero attached hydrogens (tertiary/aromatic N) is 4. The van der Waals surface area contributed by atoms with Gasteiger partial charge in [0, 0.05) is 11.1 Å². The molecule has 2 aromatic heterocycles. The number of benzodiazepines with no additional fused rings is 1. The van der Waals surface area contributed by atoms with Crippen LogP contribution in [-0.4, -0.2) is 40.1 Å². The molecule has 0 aliphatic carbocycles. The number of hydrogen-bond acceptors (Lipinski definition) is 8. The number of rotatable bonds is 5. The molecule has 4 aromatic rings. The van der Waals surface area contributed by atoms with Crippen molar-refractivity contribution in [3.8, 4) is 17.3 Å². The summed E-state index contributed by atoms with van der Waals surface area (Å²) in [6.45, 7) is 0. The summed E-state index contributed by atoms with van der Waals surface area (Å²) >= 11 is 0. The molecule has 1 aliphatic rings. The predicted octanol–water partition coefficient (Wildman–Crippen LogP) is 3.37. The van der Waals surface area contributed by atoms with Crippen LogP contribution in [0.25, 0.3) is 11.6 Å². The molecule has 0 saturated carbocycles. The highest BCUT2D eigenvalue weighted by atomic mass is 16.5. The van der Waals surface area contributed by atoms with E-state index in [-0.39, 0.29) is 17.8 Å². The van der Waals surface area contributed by atoms with E-state index in [0.717, 1.165) is 11.1 Å². The minimum absolute atomic E-state index is 0.0554. The summed E-state index contributed by atoms with van der Waals surface area (Å²) in [6.07, 6.45) is 0.577. The minimum atomic E-state index is -0.977. The molecule has 32 heavy (non-hydrogen) atoms. The maximum Gasteiger partial charge on any atom is 0.317 e. The maximum absolute atomic E-state index is 12.9. The van der Waals surface area contributed by atoms with Crippen LogP contribution in [0.2, 0.25) is 0 Å². The third-order valence-corrected chi connectivity index (χ3v) is 4.87. The Bertz CT molecular complexity index is 1280. The van der Waals surface area contributed by atoms with E-state index in [1.54, 1.807) is 25.4 Å². The molecular formula is C23H18N6O3. The van der Waals surface area contributed by atoms with E-state index in [1.165, 1.54) is 0 Å². The summed E-state index contributed by atoms with van der Waals surface area (Å²) in [7, 11) is 1.56. The monoisotopic (exact) mass is 426 g/mol. The first kappa shape index (κ1) is 19.4. The molecule has 0 saturated heterocycles. The van der Waals surface area contributed by atoms with E-state index < -0.39 is 6.17 Å². The number of nitrogens with one attached hydrogen (secondary N) is 2. The Hall–Kier alpha value is -4.53. The normalized spacial score (nSPS) is 15.2. The molecular weight excluding hydrogens is 408 g/mol. The van der Waals surface area contributed by atoms with E-state index in [4.69, 9.17) is 14.1 Å². The van der Waals surface area contributed by atoms with Crippen LogP contribution in [0.1, 0.15) is 11.1 Å². The van der Waals surface area contributed by atoms with Crippen LogP contribution in [0.3, 0.4) is 0 Å². The number of pyridine rings is 1. The van der Waals surface area contributed by atoms with E-state index in [0.29, 0.717) is 22.8 Å². The number of benzene rings is 2. The fourth-order valence-electron chi connectivity index (χ4n) is 3.31. The predicted molar refractivity (Wildman–Crippen MR) is 119 cm³/mol. The molecule has 1 aliphatic heterocycles. The third kappa shape index (κ3) is 3.79. The largest absolute Gasteiger partial charge is 0.495 e. The van der Waals surface area contributed by atoms with Crippen LogP contribution < -0.4 is 15.4 Å². The fraction of sp³-hybridized carbons (Fsp3) is 0.0870. The van der Waals surface area contributed by atoms with Gasteiger partial charge in [-0.25, -0.2) is 9.98 Å². The molecule has 1 amide bonds. The Morgan fingerprint density at radius 1 is 1.00 bits per heavy atom. The number of carbonyl (C=O) groups is 1. The van der Waals surface area contributed by atoms with Crippen molar-refractivity contribution in [1.82, 2.24) is 15.2 Å². The molecule has 1 atom stereocenters. The standard InChI is InChI=1S/C23H18N6O3/c1-31-15-11-12-18(24-13-15)22-28-29-23(32-22)27-20-21(30)25-17-10-6-5-9-16(17)19(26-20)14-7-3-2-4-8-14/h2-13,20H,1H3,(H,25,30)(H,27,29)/t20-/m1/s1. The molecule has 0 spiro atoms. The fourth-order valence-corrected chi connectivity index (χ4v) is 3.31. The number of anilines is 2. The molecule has 158 valence electrons. The van der Waals surface area contributed by atoms with E-state index >= 15 is 0 Å². The van der Waals surface area contributed by atoms with Gasteiger partial charge < -0.3 is 19.8 Å². The Morgan fingerprint density at radius 2 is 1.81 bits per heavy atom. The molecule has 0 bridgehead atoms. The van der Waals surface area contributed by atoms with Crippen molar-refractivity contribution in [2.24, 2.45) is 4.99 Å². The summed E-state index contributed by atoms with van der Waals surface area (Å²) in [5, 5.41) is 13.8. The Labute approximate surface area is 183 Å². The maximum atomic E-state index is 12.9. The second-order valence-electron chi connectivity index (χ2n) is 6.92. The van der Waals surface area contributed by atoms with Crippen LogP contribution >= 0.6 is 0 Å². The second kappa shape index (κ2) is 8.31. The lowest BCUT2D eigenvalue weighted by Crippen LogP contribution is -2.32. The minimum Gasteiger partial charge on any atom is -0.495 e. The first-order valence-electron chi connectivity index (χ1n) is 9.85. The lowest BCUT2D eigenvalue weighted by molar-refractivity contribution is -0.116. The molecule has 0 fully saturated rings. The van der Waals surface area contributed by atoms with E-state index in [1.807, 2.05) is 54.6 Å². The summed E-state index contributed by atoms with van der Waals surface area (Å²) in [6, 6.07) is 20.7. The molecule has 2 aromatic carbocycles. The summed E-state index contributed by atoms with van der Waals surface area (Å²) in [5.74, 6) is 0.481. The number of ether oxygens (including phenoxy) is 1. The van der Waals surface area contributed by atoms with Gasteiger partial charge >= 0.3 is 6.01 Å². The molecule has 5 rings (SSSR count). The van der Waals surface area contributed by atoms with Gasteiger partial charge in [0.25, 0.3) is 11.8 Å². The van der Waals surface area contributed by atoms with E-state index in [2.05, 4.69) is 25.8 Å². The van der Waals surface area contributed by atoms with Crippen molar-refractivity contribution in [2.75, 3.05) is 17.7 Å². The Balaban J connectivity index is 1.47. The van der Waals surface area contributed by atoms with Gasteiger partial charge in [-0.2, -0.15) is 0 Å². The first-order chi connectivity index (χ1) is 15.7. The zero-order valence-corrected chi connectivity index (χ0v) is 17.0. The average Bonchev–Trinajstić information content (AvgIpc) is 3.26. The SMILES string of the molecule is COc1ccc(-c2nnc(N[C@H]3N=C(c4ccccc4)c4ccccc4NC3=O)o2)nc1. The highest BCUT2D eigenvalue weighted by molar-refractivity contribution is 6.19. The highest BCUT2D eigenvalue weighted by Crippen LogP contribution is 2.25. The highest BCUT2D eigenvalue weighted by Gasteiger charge is 2.27. The molecule has 9 nitrogen and oxygen atoms in total. The van der Waals surface area contributed by atoms with Crippen LogP contribution in [0, 0.1) is 0 Å². The van der Waals surface area contributed by atoms with Crippen LogP contribution in [-0.2, 0) is 4.79 Å². The zero-order chi connectivity index (χ0) is 21.9. The van der Waals surface area contributed by atoms with Gasteiger partial charge in [-0.3, -0.25) is 4.79 Å². The molecule has 0 unspecified atom stereocenters. The smallest absolute Gasteiger partial charge is 0.317 e. The number of fused-ring (bicyclic) bond motifs is 1. The van der Waals surface area contributed by atoms with Crippen molar-refractivity contribution in [2.45, 2.75) is 6.17 Å². The molecule has 2 N–H and O–H groups in total. The number of aliphatic imine (C=N–C) groups is 1. The summed E-state index contributed by atoms with van der Waals surface area (Å²) in [4.78, 5) is 21.8. The molecule has 0 radical (unpaired) electrons.